The first-order chi connectivity index (χ1) is 5.74. The Kier molecular flexibility index (Phi) is 3.49. The van der Waals surface area contributed by atoms with Crippen molar-refractivity contribution in [1.82, 2.24) is 10.3 Å². The van der Waals surface area contributed by atoms with Gasteiger partial charge in [-0.3, -0.25) is 15.1 Å². The minimum atomic E-state index is -0.107. The molecule has 4 heteroatoms. The summed E-state index contributed by atoms with van der Waals surface area (Å²) >= 11 is 0. The van der Waals surface area contributed by atoms with Crippen LogP contribution in [0.3, 0.4) is 0 Å². The average Bonchev–Trinajstić information content (AvgIpc) is 2.56. The van der Waals surface area contributed by atoms with Gasteiger partial charge in [-0.2, -0.15) is 0 Å². The second kappa shape index (κ2) is 4.42. The van der Waals surface area contributed by atoms with Gasteiger partial charge >= 0.3 is 0 Å². The molecule has 3 N–H and O–H groups in total. The lowest BCUT2D eigenvalue weighted by Gasteiger charge is -2.22. The van der Waals surface area contributed by atoms with Crippen molar-refractivity contribution in [3.8, 4) is 0 Å². The molecule has 0 aromatic carbocycles. The van der Waals surface area contributed by atoms with Crippen molar-refractivity contribution in [3.05, 3.63) is 0 Å². The molecule has 12 heavy (non-hydrogen) atoms. The molecule has 0 atom stereocenters. The Morgan fingerprint density at radius 3 is 2.67 bits per heavy atom. The number of nitrogens with zero attached hydrogens (tertiary/aromatic N) is 1. The number of hydrogen-bond donors (Lipinski definition) is 2. The number of nitrogens with one attached hydrogen (secondary N) is 1. The third kappa shape index (κ3) is 2.46. The van der Waals surface area contributed by atoms with Crippen molar-refractivity contribution >= 4 is 5.91 Å². The third-order valence-electron chi connectivity index (χ3n) is 2.50. The molecule has 1 fully saturated rings. The van der Waals surface area contributed by atoms with E-state index in [1.807, 2.05) is 7.05 Å². The molecule has 1 aliphatic rings. The lowest BCUT2D eigenvalue weighted by molar-refractivity contribution is -0.122. The fraction of sp³-hybridized carbons (Fsp3) is 0.875. The smallest absolute Gasteiger partial charge is 0.248 e. The fourth-order valence-corrected chi connectivity index (χ4v) is 1.75. The number of likely N-dealkylation sites (N-methyl/N-ethyl adjacent to an activating group) is 1. The normalized spacial score (nSPS) is 18.6. The van der Waals surface area contributed by atoms with Gasteiger partial charge in [-0.25, -0.2) is 5.84 Å². The first-order valence-corrected chi connectivity index (χ1v) is 4.43. The molecule has 0 spiro atoms. The Labute approximate surface area is 73.1 Å². The molecule has 70 valence electrons. The monoisotopic (exact) mass is 171 g/mol. The largest absolute Gasteiger partial charge is 0.295 e. The molecule has 0 aliphatic heterocycles. The van der Waals surface area contributed by atoms with Crippen molar-refractivity contribution < 1.29 is 4.79 Å². The summed E-state index contributed by atoms with van der Waals surface area (Å²) < 4.78 is 0. The SMILES string of the molecule is CN(CC(=O)NN)C1CCCC1. The van der Waals surface area contributed by atoms with E-state index in [2.05, 4.69) is 10.3 Å². The van der Waals surface area contributed by atoms with Gasteiger partial charge in [-0.15, -0.1) is 0 Å². The second-order valence-corrected chi connectivity index (χ2v) is 3.42. The minimum Gasteiger partial charge on any atom is -0.295 e. The lowest BCUT2D eigenvalue weighted by atomic mass is 10.2. The number of nitrogens with two attached hydrogens (primary N) is 1. The number of rotatable bonds is 3. The van der Waals surface area contributed by atoms with Crippen LogP contribution in [-0.4, -0.2) is 30.4 Å². The molecular weight excluding hydrogens is 154 g/mol. The Hall–Kier alpha value is -0.610. The Morgan fingerprint density at radius 1 is 1.58 bits per heavy atom. The van der Waals surface area contributed by atoms with Crippen LogP contribution in [0.25, 0.3) is 0 Å². The topological polar surface area (TPSA) is 58.4 Å². The van der Waals surface area contributed by atoms with Crippen LogP contribution < -0.4 is 11.3 Å². The second-order valence-electron chi connectivity index (χ2n) is 3.42. The maximum absolute atomic E-state index is 10.9. The predicted octanol–water partition coefficient (Wildman–Crippen LogP) is -0.149. The van der Waals surface area contributed by atoms with E-state index in [1.165, 1.54) is 25.7 Å². The molecule has 0 unspecified atom stereocenters. The summed E-state index contributed by atoms with van der Waals surface area (Å²) in [7, 11) is 1.98. The zero-order valence-electron chi connectivity index (χ0n) is 7.55. The first-order valence-electron chi connectivity index (χ1n) is 4.43. The fourth-order valence-electron chi connectivity index (χ4n) is 1.75. The van der Waals surface area contributed by atoms with E-state index >= 15 is 0 Å². The van der Waals surface area contributed by atoms with Crippen LogP contribution in [0.5, 0.6) is 0 Å². The molecule has 0 aromatic rings. The first kappa shape index (κ1) is 9.48. The van der Waals surface area contributed by atoms with E-state index in [-0.39, 0.29) is 5.91 Å². The molecule has 0 heterocycles. The number of amides is 1. The Morgan fingerprint density at radius 2 is 2.17 bits per heavy atom. The molecule has 4 nitrogen and oxygen atoms in total. The maximum Gasteiger partial charge on any atom is 0.248 e. The summed E-state index contributed by atoms with van der Waals surface area (Å²) in [5.41, 5.74) is 2.14. The van der Waals surface area contributed by atoms with Crippen molar-refractivity contribution in [2.45, 2.75) is 31.7 Å². The highest BCUT2D eigenvalue weighted by molar-refractivity contribution is 5.77. The molecule has 0 radical (unpaired) electrons. The molecule has 1 saturated carbocycles. The van der Waals surface area contributed by atoms with Gasteiger partial charge in [-0.1, -0.05) is 12.8 Å². The third-order valence-corrected chi connectivity index (χ3v) is 2.50. The van der Waals surface area contributed by atoms with E-state index < -0.39 is 0 Å². The summed E-state index contributed by atoms with van der Waals surface area (Å²) in [6.07, 6.45) is 5.02. The highest BCUT2D eigenvalue weighted by atomic mass is 16.2. The highest BCUT2D eigenvalue weighted by Gasteiger charge is 2.20. The highest BCUT2D eigenvalue weighted by Crippen LogP contribution is 2.21. The maximum atomic E-state index is 10.9. The van der Waals surface area contributed by atoms with Gasteiger partial charge in [0.25, 0.3) is 0 Å². The van der Waals surface area contributed by atoms with E-state index in [4.69, 9.17) is 5.84 Å². The zero-order chi connectivity index (χ0) is 8.97. The van der Waals surface area contributed by atoms with Crippen LogP contribution in [0.4, 0.5) is 0 Å². The van der Waals surface area contributed by atoms with Crippen LogP contribution in [0.2, 0.25) is 0 Å². The van der Waals surface area contributed by atoms with Gasteiger partial charge in [0.1, 0.15) is 0 Å². The van der Waals surface area contributed by atoms with Crippen LogP contribution >= 0.6 is 0 Å². The van der Waals surface area contributed by atoms with Gasteiger partial charge in [0.05, 0.1) is 6.54 Å². The van der Waals surface area contributed by atoms with Crippen LogP contribution in [-0.2, 0) is 4.79 Å². The number of hydrogen-bond acceptors (Lipinski definition) is 3. The average molecular weight is 171 g/mol. The zero-order valence-corrected chi connectivity index (χ0v) is 7.55. The standard InChI is InChI=1S/C8H17N3O/c1-11(6-8(12)10-9)7-4-2-3-5-7/h7H,2-6,9H2,1H3,(H,10,12). The minimum absolute atomic E-state index is 0.107. The molecule has 0 aromatic heterocycles. The van der Waals surface area contributed by atoms with Gasteiger partial charge < -0.3 is 0 Å². The number of carbonyl (C=O) groups excluding carboxylic acids is 1. The van der Waals surface area contributed by atoms with Crippen molar-refractivity contribution in [2.24, 2.45) is 5.84 Å². The molecular formula is C8H17N3O. The van der Waals surface area contributed by atoms with Gasteiger partial charge in [0, 0.05) is 6.04 Å². The number of carbonyl (C=O) groups is 1. The lowest BCUT2D eigenvalue weighted by Crippen LogP contribution is -2.42. The molecule has 1 rings (SSSR count). The molecule has 0 saturated heterocycles. The van der Waals surface area contributed by atoms with Crippen molar-refractivity contribution in [3.63, 3.8) is 0 Å². The summed E-state index contributed by atoms with van der Waals surface area (Å²) in [6.45, 7) is 0.418. The summed E-state index contributed by atoms with van der Waals surface area (Å²) in [5, 5.41) is 0. The van der Waals surface area contributed by atoms with Crippen molar-refractivity contribution in [1.29, 1.82) is 0 Å². The van der Waals surface area contributed by atoms with Crippen molar-refractivity contribution in [2.75, 3.05) is 13.6 Å². The van der Waals surface area contributed by atoms with Crippen LogP contribution in [0, 0.1) is 0 Å². The molecule has 1 aliphatic carbocycles. The summed E-state index contributed by atoms with van der Waals surface area (Å²) in [5.74, 6) is 4.89. The van der Waals surface area contributed by atoms with E-state index in [0.29, 0.717) is 12.6 Å². The van der Waals surface area contributed by atoms with E-state index in [1.54, 1.807) is 0 Å². The quantitative estimate of drug-likeness (QED) is 0.353. The van der Waals surface area contributed by atoms with Gasteiger partial charge in [-0.05, 0) is 19.9 Å². The van der Waals surface area contributed by atoms with Crippen LogP contribution in [0.15, 0.2) is 0 Å². The molecule has 0 bridgehead atoms. The molecule has 1 amide bonds. The van der Waals surface area contributed by atoms with E-state index in [9.17, 15) is 4.79 Å². The van der Waals surface area contributed by atoms with Gasteiger partial charge in [0.15, 0.2) is 0 Å². The summed E-state index contributed by atoms with van der Waals surface area (Å²) in [6, 6.07) is 0.585. The van der Waals surface area contributed by atoms with Gasteiger partial charge in [0.2, 0.25) is 5.91 Å². The Bertz CT molecular complexity index is 154. The predicted molar refractivity (Wildman–Crippen MR) is 47.2 cm³/mol. The summed E-state index contributed by atoms with van der Waals surface area (Å²) in [4.78, 5) is 13.0. The Balaban J connectivity index is 2.26. The van der Waals surface area contributed by atoms with E-state index in [0.717, 1.165) is 0 Å². The number of hydrazine groups is 1. The van der Waals surface area contributed by atoms with Crippen LogP contribution in [0.1, 0.15) is 25.7 Å².